The van der Waals surface area contributed by atoms with Gasteiger partial charge in [-0.2, -0.15) is 0 Å². The third kappa shape index (κ3) is 4.62. The molecule has 0 heterocycles. The highest BCUT2D eigenvalue weighted by Crippen LogP contribution is 2.20. The van der Waals surface area contributed by atoms with Gasteiger partial charge >= 0.3 is 5.97 Å². The Balaban J connectivity index is 2.28. The molecule has 4 heteroatoms. The smallest absolute Gasteiger partial charge is 0.323 e. The molecule has 3 N–H and O–H groups in total. The summed E-state index contributed by atoms with van der Waals surface area (Å²) in [6, 6.07) is -0.668. The fourth-order valence-electron chi connectivity index (χ4n) is 1.87. The van der Waals surface area contributed by atoms with Crippen LogP contribution < -0.4 is 5.73 Å². The molecule has 1 atom stereocenters. The molecule has 0 amide bonds. The average Bonchev–Trinajstić information content (AvgIpc) is 2.46. The number of nitrogens with two attached hydrogens (primary N) is 1. The molecule has 88 valence electrons. The van der Waals surface area contributed by atoms with Crippen LogP contribution in [-0.4, -0.2) is 29.8 Å². The topological polar surface area (TPSA) is 72.5 Å². The zero-order valence-electron chi connectivity index (χ0n) is 9.15. The summed E-state index contributed by atoms with van der Waals surface area (Å²) in [5.74, 6) is -0.365. The van der Waals surface area contributed by atoms with Crippen LogP contribution in [0.1, 0.15) is 44.9 Å². The molecular formula is C11H21NO3. The van der Waals surface area contributed by atoms with E-state index in [1.54, 1.807) is 0 Å². The molecule has 1 rings (SSSR count). The molecule has 1 aliphatic rings. The summed E-state index contributed by atoms with van der Waals surface area (Å²) >= 11 is 0. The van der Waals surface area contributed by atoms with E-state index in [4.69, 9.17) is 15.6 Å². The molecule has 0 saturated heterocycles. The van der Waals surface area contributed by atoms with Crippen LogP contribution in [0.2, 0.25) is 0 Å². The summed E-state index contributed by atoms with van der Waals surface area (Å²) in [6.45, 7) is -0.0685. The van der Waals surface area contributed by atoms with Crippen molar-refractivity contribution >= 4 is 5.97 Å². The van der Waals surface area contributed by atoms with E-state index in [1.807, 2.05) is 0 Å². The van der Waals surface area contributed by atoms with Crippen molar-refractivity contribution in [2.75, 3.05) is 6.61 Å². The third-order valence-electron chi connectivity index (χ3n) is 2.83. The molecule has 0 aromatic rings. The van der Waals surface area contributed by atoms with Gasteiger partial charge in [0.2, 0.25) is 0 Å². The number of aliphatic hydroxyl groups excluding tert-OH is 1. The Hall–Kier alpha value is -0.610. The predicted molar refractivity (Wildman–Crippen MR) is 57.3 cm³/mol. The standard InChI is InChI=1S/C11H21NO3/c12-10(7-8-13)11(14)15-9-5-3-1-2-4-6-9/h9-10,13H,1-8,12H2/t10-/m0/s1. The molecule has 0 bridgehead atoms. The van der Waals surface area contributed by atoms with Crippen molar-refractivity contribution in [1.82, 2.24) is 0 Å². The van der Waals surface area contributed by atoms with Gasteiger partial charge in [-0.15, -0.1) is 0 Å². The first-order chi connectivity index (χ1) is 7.24. The molecule has 1 aliphatic carbocycles. The highest BCUT2D eigenvalue weighted by molar-refractivity contribution is 5.75. The largest absolute Gasteiger partial charge is 0.461 e. The van der Waals surface area contributed by atoms with E-state index in [0.717, 1.165) is 25.7 Å². The number of hydrogen-bond donors (Lipinski definition) is 2. The Kier molecular flexibility index (Phi) is 5.65. The quantitative estimate of drug-likeness (QED) is 0.541. The lowest BCUT2D eigenvalue weighted by Gasteiger charge is -2.18. The number of carbonyl (C=O) groups is 1. The Morgan fingerprint density at radius 3 is 2.47 bits per heavy atom. The molecule has 0 aromatic carbocycles. The Morgan fingerprint density at radius 2 is 1.93 bits per heavy atom. The Labute approximate surface area is 90.8 Å². The van der Waals surface area contributed by atoms with Crippen LogP contribution in [0.4, 0.5) is 0 Å². The summed E-state index contributed by atoms with van der Waals surface area (Å²) in [7, 11) is 0. The minimum atomic E-state index is -0.668. The second-order valence-electron chi connectivity index (χ2n) is 4.17. The van der Waals surface area contributed by atoms with Gasteiger partial charge < -0.3 is 15.6 Å². The SMILES string of the molecule is N[C@@H](CCO)C(=O)OC1CCCCCC1. The summed E-state index contributed by atoms with van der Waals surface area (Å²) in [6.07, 6.45) is 6.97. The minimum Gasteiger partial charge on any atom is -0.461 e. The molecule has 0 spiro atoms. The van der Waals surface area contributed by atoms with Crippen molar-refractivity contribution in [3.63, 3.8) is 0 Å². The predicted octanol–water partition coefficient (Wildman–Crippen LogP) is 0.962. The number of carbonyl (C=O) groups excluding carboxylic acids is 1. The van der Waals surface area contributed by atoms with E-state index in [0.29, 0.717) is 0 Å². The van der Waals surface area contributed by atoms with Crippen molar-refractivity contribution in [2.45, 2.75) is 57.1 Å². The number of hydrogen-bond acceptors (Lipinski definition) is 4. The van der Waals surface area contributed by atoms with Crippen LogP contribution in [0.5, 0.6) is 0 Å². The maximum absolute atomic E-state index is 11.5. The van der Waals surface area contributed by atoms with Crippen LogP contribution in [0.15, 0.2) is 0 Å². The van der Waals surface area contributed by atoms with Crippen LogP contribution in [0.25, 0.3) is 0 Å². The van der Waals surface area contributed by atoms with E-state index in [9.17, 15) is 4.79 Å². The zero-order valence-corrected chi connectivity index (χ0v) is 9.15. The molecule has 0 aromatic heterocycles. The second kappa shape index (κ2) is 6.80. The van der Waals surface area contributed by atoms with Crippen molar-refractivity contribution in [1.29, 1.82) is 0 Å². The van der Waals surface area contributed by atoms with Gasteiger partial charge in [-0.1, -0.05) is 12.8 Å². The summed E-state index contributed by atoms with van der Waals surface area (Å²) < 4.78 is 5.31. The van der Waals surface area contributed by atoms with E-state index < -0.39 is 6.04 Å². The number of ether oxygens (including phenoxy) is 1. The molecule has 15 heavy (non-hydrogen) atoms. The average molecular weight is 215 g/mol. The minimum absolute atomic E-state index is 0.0461. The van der Waals surface area contributed by atoms with E-state index in [-0.39, 0.29) is 25.1 Å². The molecule has 1 fully saturated rings. The van der Waals surface area contributed by atoms with Crippen molar-refractivity contribution in [3.8, 4) is 0 Å². The van der Waals surface area contributed by atoms with Gasteiger partial charge in [-0.25, -0.2) is 0 Å². The number of esters is 1. The van der Waals surface area contributed by atoms with Crippen molar-refractivity contribution < 1.29 is 14.6 Å². The first-order valence-electron chi connectivity index (χ1n) is 5.81. The zero-order chi connectivity index (χ0) is 11.1. The lowest BCUT2D eigenvalue weighted by Crippen LogP contribution is -2.35. The maximum atomic E-state index is 11.5. The highest BCUT2D eigenvalue weighted by Gasteiger charge is 2.20. The van der Waals surface area contributed by atoms with Gasteiger partial charge in [0.15, 0.2) is 0 Å². The molecule has 0 aliphatic heterocycles. The lowest BCUT2D eigenvalue weighted by molar-refractivity contribution is -0.151. The third-order valence-corrected chi connectivity index (χ3v) is 2.83. The maximum Gasteiger partial charge on any atom is 0.323 e. The molecule has 0 radical (unpaired) electrons. The fraction of sp³-hybridized carbons (Fsp3) is 0.909. The molecule has 0 unspecified atom stereocenters. The van der Waals surface area contributed by atoms with Gasteiger partial charge in [-0.3, -0.25) is 4.79 Å². The summed E-state index contributed by atoms with van der Waals surface area (Å²) in [5, 5.41) is 8.65. The van der Waals surface area contributed by atoms with Gasteiger partial charge in [0, 0.05) is 6.61 Å². The first-order valence-corrected chi connectivity index (χ1v) is 5.81. The summed E-state index contributed by atoms with van der Waals surface area (Å²) in [5.41, 5.74) is 5.55. The Bertz CT molecular complexity index is 188. The monoisotopic (exact) mass is 215 g/mol. The van der Waals surface area contributed by atoms with Gasteiger partial charge in [0.05, 0.1) is 0 Å². The summed E-state index contributed by atoms with van der Waals surface area (Å²) in [4.78, 5) is 11.5. The first kappa shape index (κ1) is 12.5. The van der Waals surface area contributed by atoms with E-state index in [2.05, 4.69) is 0 Å². The normalized spacial score (nSPS) is 20.7. The molecule has 1 saturated carbocycles. The Morgan fingerprint density at radius 1 is 1.33 bits per heavy atom. The van der Waals surface area contributed by atoms with E-state index in [1.165, 1.54) is 12.8 Å². The van der Waals surface area contributed by atoms with Crippen molar-refractivity contribution in [2.24, 2.45) is 5.73 Å². The highest BCUT2D eigenvalue weighted by atomic mass is 16.5. The molecular weight excluding hydrogens is 194 g/mol. The second-order valence-corrected chi connectivity index (χ2v) is 4.17. The van der Waals surface area contributed by atoms with E-state index >= 15 is 0 Å². The lowest BCUT2D eigenvalue weighted by atomic mass is 10.1. The van der Waals surface area contributed by atoms with Crippen molar-refractivity contribution in [3.05, 3.63) is 0 Å². The number of aliphatic hydroxyl groups is 1. The van der Waals surface area contributed by atoms with Gasteiger partial charge in [0.25, 0.3) is 0 Å². The van der Waals surface area contributed by atoms with Crippen LogP contribution in [-0.2, 0) is 9.53 Å². The number of rotatable bonds is 4. The van der Waals surface area contributed by atoms with Crippen LogP contribution >= 0.6 is 0 Å². The van der Waals surface area contributed by atoms with Gasteiger partial charge in [-0.05, 0) is 32.1 Å². The molecule has 4 nitrogen and oxygen atoms in total. The fourth-order valence-corrected chi connectivity index (χ4v) is 1.87. The van der Waals surface area contributed by atoms with Crippen LogP contribution in [0, 0.1) is 0 Å². The van der Waals surface area contributed by atoms with Gasteiger partial charge in [0.1, 0.15) is 12.1 Å². The van der Waals surface area contributed by atoms with Crippen LogP contribution in [0.3, 0.4) is 0 Å².